The number of hydrogen-bond acceptors (Lipinski definition) is 4. The number of para-hydroxylation sites is 2. The van der Waals surface area contributed by atoms with E-state index in [0.717, 1.165) is 0 Å². The standard InChI is InChI=1S/C15H19N3O3/c1-11(19)7-8-17(2)15(21)10-18-13-6-4-3-5-12(13)16-9-14(18)20/h3-6,9,11,19H,7-8,10H2,1-2H3. The number of likely N-dealkylation sites (N-methyl/N-ethyl adjacent to an activating group) is 1. The van der Waals surface area contributed by atoms with E-state index >= 15 is 0 Å². The molecule has 1 unspecified atom stereocenters. The van der Waals surface area contributed by atoms with Crippen LogP contribution in [0.3, 0.4) is 0 Å². The lowest BCUT2D eigenvalue weighted by molar-refractivity contribution is -0.130. The zero-order chi connectivity index (χ0) is 15.4. The second-order valence-corrected chi connectivity index (χ2v) is 5.12. The molecule has 0 fully saturated rings. The van der Waals surface area contributed by atoms with E-state index in [-0.39, 0.29) is 18.0 Å². The molecule has 0 aliphatic carbocycles. The maximum absolute atomic E-state index is 12.2. The number of hydrogen-bond donors (Lipinski definition) is 1. The Morgan fingerprint density at radius 3 is 2.86 bits per heavy atom. The lowest BCUT2D eigenvalue weighted by Crippen LogP contribution is -2.35. The summed E-state index contributed by atoms with van der Waals surface area (Å²) >= 11 is 0. The maximum Gasteiger partial charge on any atom is 0.269 e. The quantitative estimate of drug-likeness (QED) is 0.876. The van der Waals surface area contributed by atoms with Crippen molar-refractivity contribution < 1.29 is 9.90 Å². The lowest BCUT2D eigenvalue weighted by Gasteiger charge is -2.19. The smallest absolute Gasteiger partial charge is 0.269 e. The highest BCUT2D eigenvalue weighted by Gasteiger charge is 2.13. The van der Waals surface area contributed by atoms with Crippen molar-refractivity contribution in [3.05, 3.63) is 40.8 Å². The summed E-state index contributed by atoms with van der Waals surface area (Å²) in [5, 5.41) is 9.26. The zero-order valence-electron chi connectivity index (χ0n) is 12.2. The fraction of sp³-hybridized carbons (Fsp3) is 0.400. The number of aromatic nitrogens is 2. The van der Waals surface area contributed by atoms with Gasteiger partial charge in [0.15, 0.2) is 0 Å². The second kappa shape index (κ2) is 6.49. The van der Waals surface area contributed by atoms with Gasteiger partial charge in [-0.1, -0.05) is 12.1 Å². The van der Waals surface area contributed by atoms with Crippen LogP contribution in [-0.2, 0) is 11.3 Å². The molecule has 1 N–H and O–H groups in total. The van der Waals surface area contributed by atoms with Gasteiger partial charge in [-0.3, -0.25) is 14.2 Å². The van der Waals surface area contributed by atoms with Gasteiger partial charge < -0.3 is 10.0 Å². The van der Waals surface area contributed by atoms with Crippen LogP contribution in [0, 0.1) is 0 Å². The molecule has 6 heteroatoms. The van der Waals surface area contributed by atoms with Crippen LogP contribution in [0.25, 0.3) is 11.0 Å². The number of carbonyl (C=O) groups is 1. The van der Waals surface area contributed by atoms with E-state index in [0.29, 0.717) is 24.0 Å². The van der Waals surface area contributed by atoms with E-state index in [2.05, 4.69) is 4.98 Å². The highest BCUT2D eigenvalue weighted by Crippen LogP contribution is 2.08. The fourth-order valence-electron chi connectivity index (χ4n) is 2.04. The van der Waals surface area contributed by atoms with Crippen molar-refractivity contribution in [2.45, 2.75) is 26.0 Å². The minimum atomic E-state index is -0.454. The molecule has 6 nitrogen and oxygen atoms in total. The second-order valence-electron chi connectivity index (χ2n) is 5.12. The molecule has 1 atom stereocenters. The molecule has 0 saturated carbocycles. The van der Waals surface area contributed by atoms with Gasteiger partial charge in [-0.05, 0) is 25.5 Å². The van der Waals surface area contributed by atoms with Crippen molar-refractivity contribution in [2.24, 2.45) is 0 Å². The Balaban J connectivity index is 2.21. The SMILES string of the molecule is CC(O)CCN(C)C(=O)Cn1c(=O)cnc2ccccc21. The Morgan fingerprint density at radius 2 is 2.14 bits per heavy atom. The van der Waals surface area contributed by atoms with E-state index < -0.39 is 6.10 Å². The van der Waals surface area contributed by atoms with Crippen molar-refractivity contribution in [3.63, 3.8) is 0 Å². The normalized spacial score (nSPS) is 12.3. The number of aliphatic hydroxyl groups excluding tert-OH is 1. The van der Waals surface area contributed by atoms with Gasteiger partial charge in [0.05, 0.1) is 23.3 Å². The number of amides is 1. The lowest BCUT2D eigenvalue weighted by atomic mass is 10.2. The summed E-state index contributed by atoms with van der Waals surface area (Å²) < 4.78 is 1.42. The molecule has 0 radical (unpaired) electrons. The summed E-state index contributed by atoms with van der Waals surface area (Å²) in [5.74, 6) is -0.172. The average Bonchev–Trinajstić information content (AvgIpc) is 2.47. The predicted molar refractivity (Wildman–Crippen MR) is 79.9 cm³/mol. The minimum Gasteiger partial charge on any atom is -0.393 e. The van der Waals surface area contributed by atoms with Crippen LogP contribution in [-0.4, -0.2) is 45.2 Å². The molecule has 2 rings (SSSR count). The van der Waals surface area contributed by atoms with Gasteiger partial charge >= 0.3 is 0 Å². The van der Waals surface area contributed by atoms with Gasteiger partial charge in [-0.15, -0.1) is 0 Å². The molecule has 0 aliphatic heterocycles. The molecule has 0 bridgehead atoms. The van der Waals surface area contributed by atoms with Gasteiger partial charge in [0.25, 0.3) is 5.56 Å². The molecule has 1 aromatic carbocycles. The number of carbonyl (C=O) groups excluding carboxylic acids is 1. The first-order valence-electron chi connectivity index (χ1n) is 6.85. The molecule has 1 amide bonds. The van der Waals surface area contributed by atoms with Crippen molar-refractivity contribution in [1.29, 1.82) is 0 Å². The Labute approximate surface area is 122 Å². The van der Waals surface area contributed by atoms with E-state index in [4.69, 9.17) is 0 Å². The third-order valence-electron chi connectivity index (χ3n) is 3.35. The monoisotopic (exact) mass is 289 g/mol. The summed E-state index contributed by atoms with van der Waals surface area (Å²) in [7, 11) is 1.67. The third kappa shape index (κ3) is 3.66. The van der Waals surface area contributed by atoms with Crippen LogP contribution in [0.2, 0.25) is 0 Å². The average molecular weight is 289 g/mol. The van der Waals surface area contributed by atoms with Crippen LogP contribution in [0.5, 0.6) is 0 Å². The van der Waals surface area contributed by atoms with E-state index in [1.54, 1.807) is 26.1 Å². The molecule has 0 saturated heterocycles. The Kier molecular flexibility index (Phi) is 4.70. The zero-order valence-corrected chi connectivity index (χ0v) is 12.2. The first kappa shape index (κ1) is 15.2. The van der Waals surface area contributed by atoms with Crippen molar-refractivity contribution in [3.8, 4) is 0 Å². The maximum atomic E-state index is 12.2. The Hall–Kier alpha value is -2.21. The molecule has 1 aromatic heterocycles. The van der Waals surface area contributed by atoms with Crippen molar-refractivity contribution in [1.82, 2.24) is 14.5 Å². The molecule has 21 heavy (non-hydrogen) atoms. The van der Waals surface area contributed by atoms with E-state index in [9.17, 15) is 14.7 Å². The van der Waals surface area contributed by atoms with Gasteiger partial charge in [0.2, 0.25) is 5.91 Å². The number of aliphatic hydroxyl groups is 1. The first-order chi connectivity index (χ1) is 9.99. The van der Waals surface area contributed by atoms with Crippen molar-refractivity contribution in [2.75, 3.05) is 13.6 Å². The molecule has 2 aromatic rings. The number of fused-ring (bicyclic) bond motifs is 1. The molecule has 1 heterocycles. The van der Waals surface area contributed by atoms with Gasteiger partial charge in [-0.25, -0.2) is 4.98 Å². The Morgan fingerprint density at radius 1 is 1.43 bits per heavy atom. The van der Waals surface area contributed by atoms with Crippen LogP contribution in [0.1, 0.15) is 13.3 Å². The Bertz CT molecular complexity index is 694. The van der Waals surface area contributed by atoms with Gasteiger partial charge in [-0.2, -0.15) is 0 Å². The summed E-state index contributed by atoms with van der Waals surface area (Å²) in [6.45, 7) is 2.10. The topological polar surface area (TPSA) is 75.4 Å². The summed E-state index contributed by atoms with van der Waals surface area (Å²) in [4.78, 5) is 29.7. The highest BCUT2D eigenvalue weighted by atomic mass is 16.3. The number of nitrogens with zero attached hydrogens (tertiary/aromatic N) is 3. The number of benzene rings is 1. The number of rotatable bonds is 5. The summed E-state index contributed by atoms with van der Waals surface area (Å²) in [6, 6.07) is 7.21. The molecule has 0 aliphatic rings. The van der Waals surface area contributed by atoms with Crippen LogP contribution in [0.4, 0.5) is 0 Å². The minimum absolute atomic E-state index is 0.0296. The van der Waals surface area contributed by atoms with E-state index in [1.807, 2.05) is 12.1 Å². The van der Waals surface area contributed by atoms with Crippen LogP contribution >= 0.6 is 0 Å². The first-order valence-corrected chi connectivity index (χ1v) is 6.85. The summed E-state index contributed by atoms with van der Waals surface area (Å²) in [5.41, 5.74) is 1.02. The van der Waals surface area contributed by atoms with Gasteiger partial charge in [0, 0.05) is 13.6 Å². The van der Waals surface area contributed by atoms with Gasteiger partial charge in [0.1, 0.15) is 6.54 Å². The molecule has 0 spiro atoms. The molecular formula is C15H19N3O3. The van der Waals surface area contributed by atoms with Crippen LogP contribution in [0.15, 0.2) is 35.3 Å². The molecular weight excluding hydrogens is 270 g/mol. The fourth-order valence-corrected chi connectivity index (χ4v) is 2.04. The summed E-state index contributed by atoms with van der Waals surface area (Å²) in [6.07, 6.45) is 1.28. The third-order valence-corrected chi connectivity index (χ3v) is 3.35. The predicted octanol–water partition coefficient (Wildman–Crippen LogP) is 0.626. The van der Waals surface area contributed by atoms with Crippen molar-refractivity contribution >= 4 is 16.9 Å². The van der Waals surface area contributed by atoms with E-state index in [1.165, 1.54) is 15.7 Å². The highest BCUT2D eigenvalue weighted by molar-refractivity contribution is 5.79. The van der Waals surface area contributed by atoms with Crippen LogP contribution < -0.4 is 5.56 Å². The largest absolute Gasteiger partial charge is 0.393 e. The molecule has 112 valence electrons.